The molecule has 3 atom stereocenters. The van der Waals surface area contributed by atoms with Crippen molar-refractivity contribution in [3.8, 4) is 0 Å². The average Bonchev–Trinajstić information content (AvgIpc) is 2.93. The van der Waals surface area contributed by atoms with Gasteiger partial charge in [0.1, 0.15) is 0 Å². The van der Waals surface area contributed by atoms with Gasteiger partial charge >= 0.3 is 0 Å². The highest BCUT2D eigenvalue weighted by molar-refractivity contribution is 6.20. The van der Waals surface area contributed by atoms with Gasteiger partial charge in [-0.05, 0) is 36.7 Å². The first kappa shape index (κ1) is 28.1. The Morgan fingerprint density at radius 2 is 1.65 bits per heavy atom. The van der Waals surface area contributed by atoms with Gasteiger partial charge in [0.2, 0.25) is 18.0 Å². The number of nitrogens with one attached hydrogen (secondary N) is 1. The quantitative estimate of drug-likeness (QED) is 0.524. The summed E-state index contributed by atoms with van der Waals surface area (Å²) >= 11 is 0. The third kappa shape index (κ3) is 7.06. The molecule has 37 heavy (non-hydrogen) atoms. The van der Waals surface area contributed by atoms with Gasteiger partial charge in [0.05, 0.1) is 11.4 Å². The van der Waals surface area contributed by atoms with Crippen molar-refractivity contribution in [2.45, 2.75) is 60.0 Å². The number of rotatable bonds is 9. The monoisotopic (exact) mass is 504 g/mol. The molecule has 7 heteroatoms. The lowest BCUT2D eigenvalue weighted by Crippen LogP contribution is -2.50. The van der Waals surface area contributed by atoms with E-state index >= 15 is 0 Å². The number of nitrogens with zero attached hydrogens (tertiary/aromatic N) is 2. The number of benzene rings is 2. The van der Waals surface area contributed by atoms with E-state index in [1.807, 2.05) is 68.4 Å². The zero-order valence-corrected chi connectivity index (χ0v) is 22.8. The fourth-order valence-electron chi connectivity index (χ4n) is 4.78. The summed E-state index contributed by atoms with van der Waals surface area (Å²) in [4.78, 5) is 46.1. The summed E-state index contributed by atoms with van der Waals surface area (Å²) < 4.78 is 0. The molecule has 1 aliphatic rings. The van der Waals surface area contributed by atoms with Gasteiger partial charge in [-0.2, -0.15) is 0 Å². The molecule has 1 heterocycles. The lowest BCUT2D eigenvalue weighted by Gasteiger charge is -2.29. The van der Waals surface area contributed by atoms with Crippen molar-refractivity contribution in [3.63, 3.8) is 0 Å². The number of aliphatic imine (C=N–C) groups is 1. The van der Waals surface area contributed by atoms with Gasteiger partial charge in [0.25, 0.3) is 5.91 Å². The number of benzodiazepines with no additional fused rings is 1. The first-order valence-corrected chi connectivity index (χ1v) is 13.0. The van der Waals surface area contributed by atoms with E-state index in [0.29, 0.717) is 24.2 Å². The van der Waals surface area contributed by atoms with E-state index in [1.165, 1.54) is 4.90 Å². The Hall–Kier alpha value is -3.48. The Kier molecular flexibility index (Phi) is 8.89. The molecule has 0 bridgehead atoms. The second-order valence-corrected chi connectivity index (χ2v) is 11.5. The topological polar surface area (TPSA) is 105 Å². The Morgan fingerprint density at radius 3 is 2.24 bits per heavy atom. The third-order valence-corrected chi connectivity index (χ3v) is 6.79. The van der Waals surface area contributed by atoms with Crippen LogP contribution in [-0.4, -0.2) is 36.6 Å². The van der Waals surface area contributed by atoms with E-state index in [-0.39, 0.29) is 23.1 Å². The minimum Gasteiger partial charge on any atom is -0.369 e. The number of amides is 3. The van der Waals surface area contributed by atoms with Crippen LogP contribution in [0.3, 0.4) is 0 Å². The summed E-state index contributed by atoms with van der Waals surface area (Å²) in [5.41, 5.74) is 8.80. The predicted octanol–water partition coefficient (Wildman–Crippen LogP) is 4.53. The Morgan fingerprint density at radius 1 is 1.03 bits per heavy atom. The van der Waals surface area contributed by atoms with Gasteiger partial charge in [-0.25, -0.2) is 4.99 Å². The molecule has 0 aromatic heterocycles. The van der Waals surface area contributed by atoms with Gasteiger partial charge in [0.15, 0.2) is 0 Å². The fourth-order valence-corrected chi connectivity index (χ4v) is 4.78. The first-order chi connectivity index (χ1) is 17.4. The van der Waals surface area contributed by atoms with Gasteiger partial charge in [-0.3, -0.25) is 14.4 Å². The van der Waals surface area contributed by atoms with Crippen LogP contribution in [0.2, 0.25) is 0 Å². The van der Waals surface area contributed by atoms with Crippen molar-refractivity contribution in [3.05, 3.63) is 65.7 Å². The molecule has 0 saturated heterocycles. The molecule has 7 nitrogen and oxygen atoms in total. The van der Waals surface area contributed by atoms with Crippen molar-refractivity contribution in [2.75, 3.05) is 11.9 Å². The maximum atomic E-state index is 13.7. The molecule has 1 aliphatic heterocycles. The number of carbonyl (C=O) groups excluding carboxylic acids is 3. The van der Waals surface area contributed by atoms with Crippen molar-refractivity contribution in [1.29, 1.82) is 0 Å². The fraction of sp³-hybridized carbons (Fsp3) is 0.467. The Labute approximate surface area is 220 Å². The second kappa shape index (κ2) is 11.7. The van der Waals surface area contributed by atoms with Crippen LogP contribution in [0.25, 0.3) is 0 Å². The van der Waals surface area contributed by atoms with E-state index < -0.39 is 23.9 Å². The van der Waals surface area contributed by atoms with Crippen LogP contribution in [0.1, 0.15) is 65.0 Å². The van der Waals surface area contributed by atoms with Crippen LogP contribution in [0.5, 0.6) is 0 Å². The lowest BCUT2D eigenvalue weighted by atomic mass is 9.78. The molecule has 0 radical (unpaired) electrons. The van der Waals surface area contributed by atoms with E-state index in [9.17, 15) is 14.4 Å². The van der Waals surface area contributed by atoms with E-state index in [0.717, 1.165) is 17.5 Å². The minimum absolute atomic E-state index is 0.00677. The standard InChI is InChI=1S/C30H40N4O3/c1-19(2)18-23(21(26(31)35)16-17-30(3,4)5)28(36)33-27-29(37)34(6)24-15-11-10-14-22(24)25(32-27)20-12-8-7-9-13-20/h7-15,19,21,23,27H,16-18H2,1-6H3,(H2,31,35)(H,33,36)/t21-,23+,27?/m0/s1. The highest BCUT2D eigenvalue weighted by Crippen LogP contribution is 2.31. The van der Waals surface area contributed by atoms with Gasteiger partial charge in [-0.15, -0.1) is 0 Å². The summed E-state index contributed by atoms with van der Waals surface area (Å²) in [6, 6.07) is 17.2. The number of anilines is 1. The van der Waals surface area contributed by atoms with Gasteiger partial charge < -0.3 is 16.0 Å². The predicted molar refractivity (Wildman–Crippen MR) is 148 cm³/mol. The largest absolute Gasteiger partial charge is 0.369 e. The van der Waals surface area contributed by atoms with Gasteiger partial charge in [0, 0.05) is 30.0 Å². The molecule has 3 amide bonds. The molecule has 198 valence electrons. The zero-order chi connectivity index (χ0) is 27.3. The first-order valence-electron chi connectivity index (χ1n) is 13.0. The summed E-state index contributed by atoms with van der Waals surface area (Å²) in [6.45, 7) is 10.3. The van der Waals surface area contributed by atoms with Crippen LogP contribution >= 0.6 is 0 Å². The molecular formula is C30H40N4O3. The molecule has 0 saturated carbocycles. The average molecular weight is 505 g/mol. The highest BCUT2D eigenvalue weighted by Gasteiger charge is 2.37. The normalized spacial score (nSPS) is 17.5. The highest BCUT2D eigenvalue weighted by atomic mass is 16.2. The smallest absolute Gasteiger partial charge is 0.272 e. The second-order valence-electron chi connectivity index (χ2n) is 11.5. The number of hydrogen-bond donors (Lipinski definition) is 2. The lowest BCUT2D eigenvalue weighted by molar-refractivity contribution is -0.136. The number of fused-ring (bicyclic) bond motifs is 1. The molecular weight excluding hydrogens is 464 g/mol. The van der Waals surface area contributed by atoms with Crippen LogP contribution in [0.15, 0.2) is 59.6 Å². The molecule has 2 aromatic carbocycles. The molecule has 0 aliphatic carbocycles. The van der Waals surface area contributed by atoms with Crippen molar-refractivity contribution in [2.24, 2.45) is 33.9 Å². The summed E-state index contributed by atoms with van der Waals surface area (Å²) in [7, 11) is 1.69. The van der Waals surface area contributed by atoms with E-state index in [2.05, 4.69) is 26.1 Å². The van der Waals surface area contributed by atoms with Crippen LogP contribution < -0.4 is 16.0 Å². The van der Waals surface area contributed by atoms with Crippen LogP contribution in [0.4, 0.5) is 5.69 Å². The minimum atomic E-state index is -1.13. The SMILES string of the molecule is CC(C)C[C@@H](C(=O)NC1N=C(c2ccccc2)c2ccccc2N(C)C1=O)[C@H](CCC(C)(C)C)C(N)=O. The summed E-state index contributed by atoms with van der Waals surface area (Å²) in [5.74, 6) is -2.34. The third-order valence-electron chi connectivity index (χ3n) is 6.79. The molecule has 3 N–H and O–H groups in total. The maximum absolute atomic E-state index is 13.7. The molecule has 0 spiro atoms. The molecule has 1 unspecified atom stereocenters. The number of likely N-dealkylation sites (N-methyl/N-ethyl adjacent to an activating group) is 1. The van der Waals surface area contributed by atoms with Crippen molar-refractivity contribution < 1.29 is 14.4 Å². The number of primary amides is 1. The van der Waals surface area contributed by atoms with Crippen molar-refractivity contribution in [1.82, 2.24) is 5.32 Å². The molecule has 0 fully saturated rings. The van der Waals surface area contributed by atoms with Crippen LogP contribution in [-0.2, 0) is 14.4 Å². The Bertz CT molecular complexity index is 1150. The number of hydrogen-bond acceptors (Lipinski definition) is 4. The van der Waals surface area contributed by atoms with Crippen LogP contribution in [0, 0.1) is 23.2 Å². The van der Waals surface area contributed by atoms with E-state index in [1.54, 1.807) is 7.05 Å². The number of nitrogens with two attached hydrogens (primary N) is 1. The summed E-state index contributed by atoms with van der Waals surface area (Å²) in [6.07, 6.45) is 0.604. The number of carbonyl (C=O) groups is 3. The van der Waals surface area contributed by atoms with Crippen molar-refractivity contribution >= 4 is 29.1 Å². The maximum Gasteiger partial charge on any atom is 0.272 e. The zero-order valence-electron chi connectivity index (χ0n) is 22.8. The molecule has 3 rings (SSSR count). The summed E-state index contributed by atoms with van der Waals surface area (Å²) in [5, 5.41) is 2.89. The van der Waals surface area contributed by atoms with Gasteiger partial charge in [-0.1, -0.05) is 83.1 Å². The molecule has 2 aromatic rings. The Balaban J connectivity index is 2.00. The number of para-hydroxylation sites is 1. The van der Waals surface area contributed by atoms with E-state index in [4.69, 9.17) is 10.7 Å².